The van der Waals surface area contributed by atoms with Gasteiger partial charge in [-0.15, -0.1) is 0 Å². The summed E-state index contributed by atoms with van der Waals surface area (Å²) in [6.07, 6.45) is 3.65. The molecule has 0 aliphatic carbocycles. The number of benzene rings is 1. The molecular formula is C17H21N5O3. The van der Waals surface area contributed by atoms with Gasteiger partial charge in [-0.05, 0) is 44.4 Å². The summed E-state index contributed by atoms with van der Waals surface area (Å²) in [4.78, 5) is 26.4. The van der Waals surface area contributed by atoms with Crippen LogP contribution < -0.4 is 10.6 Å². The Labute approximate surface area is 146 Å². The second-order valence-corrected chi connectivity index (χ2v) is 6.59. The zero-order valence-electron chi connectivity index (χ0n) is 13.9. The number of nitrogens with two attached hydrogens (primary N) is 1. The van der Waals surface area contributed by atoms with Gasteiger partial charge in [0.05, 0.1) is 11.0 Å². The van der Waals surface area contributed by atoms with Gasteiger partial charge in [0.15, 0.2) is 0 Å². The second kappa shape index (κ2) is 7.07. The van der Waals surface area contributed by atoms with Gasteiger partial charge in [0.1, 0.15) is 11.6 Å². The fraction of sp³-hybridized carbons (Fsp3) is 0.529. The summed E-state index contributed by atoms with van der Waals surface area (Å²) in [5.74, 6) is -0.242. The zero-order valence-corrected chi connectivity index (χ0v) is 13.9. The first kappa shape index (κ1) is 17.2. The topological polar surface area (TPSA) is 117 Å². The van der Waals surface area contributed by atoms with Crippen LogP contribution in [0.2, 0.25) is 0 Å². The molecule has 0 spiro atoms. The van der Waals surface area contributed by atoms with E-state index in [0.29, 0.717) is 6.04 Å². The molecule has 1 aromatic rings. The van der Waals surface area contributed by atoms with E-state index in [-0.39, 0.29) is 23.2 Å². The average Bonchev–Trinajstić information content (AvgIpc) is 3.11. The molecule has 1 atom stereocenters. The molecule has 8 nitrogen and oxygen atoms in total. The number of amides is 1. The number of piperidine rings is 1. The number of primary amides is 1. The molecule has 2 aliphatic heterocycles. The predicted molar refractivity (Wildman–Crippen MR) is 92.0 cm³/mol. The lowest BCUT2D eigenvalue weighted by Gasteiger charge is -2.39. The van der Waals surface area contributed by atoms with E-state index >= 15 is 0 Å². The van der Waals surface area contributed by atoms with E-state index in [1.807, 2.05) is 6.07 Å². The number of carbonyl (C=O) groups excluding carboxylic acids is 1. The van der Waals surface area contributed by atoms with Crippen molar-refractivity contribution in [2.45, 2.75) is 37.8 Å². The van der Waals surface area contributed by atoms with Crippen molar-refractivity contribution in [2.75, 3.05) is 24.5 Å². The summed E-state index contributed by atoms with van der Waals surface area (Å²) in [5.41, 5.74) is 6.25. The first-order valence-corrected chi connectivity index (χ1v) is 8.50. The van der Waals surface area contributed by atoms with E-state index in [2.05, 4.69) is 9.80 Å². The normalized spacial score (nSPS) is 21.9. The van der Waals surface area contributed by atoms with Gasteiger partial charge in [0.2, 0.25) is 5.91 Å². The van der Waals surface area contributed by atoms with Crippen LogP contribution >= 0.6 is 0 Å². The van der Waals surface area contributed by atoms with Crippen LogP contribution in [-0.2, 0) is 4.79 Å². The molecule has 132 valence electrons. The Kier molecular flexibility index (Phi) is 4.86. The highest BCUT2D eigenvalue weighted by Gasteiger charge is 2.35. The van der Waals surface area contributed by atoms with Crippen LogP contribution in [0.4, 0.5) is 11.4 Å². The van der Waals surface area contributed by atoms with Crippen molar-refractivity contribution in [1.82, 2.24) is 4.90 Å². The molecule has 2 saturated heterocycles. The molecule has 2 N–H and O–H groups in total. The summed E-state index contributed by atoms with van der Waals surface area (Å²) in [5, 5.41) is 20.1. The van der Waals surface area contributed by atoms with Crippen LogP contribution in [-0.4, -0.2) is 47.4 Å². The quantitative estimate of drug-likeness (QED) is 0.652. The van der Waals surface area contributed by atoms with E-state index in [0.717, 1.165) is 51.0 Å². The van der Waals surface area contributed by atoms with Crippen molar-refractivity contribution >= 4 is 17.3 Å². The molecule has 1 amide bonds. The van der Waals surface area contributed by atoms with E-state index in [4.69, 9.17) is 11.0 Å². The molecule has 1 aromatic carbocycles. The minimum absolute atomic E-state index is 0.0814. The molecule has 0 saturated carbocycles. The molecule has 2 fully saturated rings. The Balaban J connectivity index is 1.67. The van der Waals surface area contributed by atoms with Crippen LogP contribution in [0.25, 0.3) is 0 Å². The van der Waals surface area contributed by atoms with Gasteiger partial charge in [-0.25, -0.2) is 0 Å². The summed E-state index contributed by atoms with van der Waals surface area (Å²) < 4.78 is 0. The molecule has 1 unspecified atom stereocenters. The van der Waals surface area contributed by atoms with Gasteiger partial charge >= 0.3 is 0 Å². The molecule has 8 heteroatoms. The maximum absolute atomic E-state index is 11.6. The van der Waals surface area contributed by atoms with Crippen LogP contribution in [0, 0.1) is 21.4 Å². The number of nitrogens with zero attached hydrogens (tertiary/aromatic N) is 4. The Morgan fingerprint density at radius 1 is 1.28 bits per heavy atom. The zero-order chi connectivity index (χ0) is 18.0. The van der Waals surface area contributed by atoms with E-state index in [1.165, 1.54) is 6.07 Å². The Morgan fingerprint density at radius 3 is 2.60 bits per heavy atom. The molecule has 2 heterocycles. The maximum atomic E-state index is 11.6. The van der Waals surface area contributed by atoms with Gasteiger partial charge in [-0.2, -0.15) is 5.26 Å². The number of hydrogen-bond acceptors (Lipinski definition) is 6. The fourth-order valence-corrected chi connectivity index (χ4v) is 3.96. The molecule has 3 rings (SSSR count). The smallest absolute Gasteiger partial charge is 0.287 e. The number of nitro benzene ring substituents is 1. The first-order chi connectivity index (χ1) is 12.0. The van der Waals surface area contributed by atoms with E-state index in [1.54, 1.807) is 12.1 Å². The first-order valence-electron chi connectivity index (χ1n) is 8.50. The Bertz CT molecular complexity index is 721. The standard InChI is InChI=1S/C17H21N5O3/c18-11-12-10-14(3-4-15(12)22(24)25)20-8-5-13(6-9-20)21-7-1-2-16(21)17(19)23/h3-4,10,13,16H,1-2,5-9H2,(H2,19,23). The van der Waals surface area contributed by atoms with Crippen LogP contribution in [0.1, 0.15) is 31.2 Å². The molecular weight excluding hydrogens is 322 g/mol. The molecule has 0 bridgehead atoms. The molecule has 0 aromatic heterocycles. The molecule has 0 radical (unpaired) electrons. The van der Waals surface area contributed by atoms with Gasteiger partial charge < -0.3 is 10.6 Å². The minimum atomic E-state index is -0.536. The number of anilines is 1. The van der Waals surface area contributed by atoms with Crippen molar-refractivity contribution in [3.8, 4) is 6.07 Å². The summed E-state index contributed by atoms with van der Waals surface area (Å²) in [6.45, 7) is 2.49. The van der Waals surface area contributed by atoms with Crippen molar-refractivity contribution in [3.63, 3.8) is 0 Å². The third-order valence-electron chi connectivity index (χ3n) is 5.22. The molecule has 25 heavy (non-hydrogen) atoms. The Hall–Kier alpha value is -2.66. The van der Waals surface area contributed by atoms with Gasteiger partial charge in [-0.1, -0.05) is 0 Å². The third-order valence-corrected chi connectivity index (χ3v) is 5.22. The monoisotopic (exact) mass is 343 g/mol. The third kappa shape index (κ3) is 3.42. The van der Waals surface area contributed by atoms with Crippen molar-refractivity contribution in [3.05, 3.63) is 33.9 Å². The summed E-state index contributed by atoms with van der Waals surface area (Å²) in [7, 11) is 0. The lowest BCUT2D eigenvalue weighted by Crippen LogP contribution is -2.50. The van der Waals surface area contributed by atoms with Gasteiger partial charge in [-0.3, -0.25) is 19.8 Å². The Morgan fingerprint density at radius 2 is 2.00 bits per heavy atom. The number of likely N-dealkylation sites (tertiary alicyclic amines) is 1. The highest BCUT2D eigenvalue weighted by Crippen LogP contribution is 2.30. The van der Waals surface area contributed by atoms with Gasteiger partial charge in [0, 0.05) is 30.9 Å². The summed E-state index contributed by atoms with van der Waals surface area (Å²) >= 11 is 0. The lowest BCUT2D eigenvalue weighted by atomic mass is 10.0. The minimum Gasteiger partial charge on any atom is -0.371 e. The number of carbonyl (C=O) groups is 1. The highest BCUT2D eigenvalue weighted by molar-refractivity contribution is 5.80. The maximum Gasteiger partial charge on any atom is 0.287 e. The largest absolute Gasteiger partial charge is 0.371 e. The van der Waals surface area contributed by atoms with Crippen molar-refractivity contribution in [2.24, 2.45) is 5.73 Å². The lowest BCUT2D eigenvalue weighted by molar-refractivity contribution is -0.385. The van der Waals surface area contributed by atoms with E-state index < -0.39 is 4.92 Å². The van der Waals surface area contributed by atoms with Crippen LogP contribution in [0.15, 0.2) is 18.2 Å². The second-order valence-electron chi connectivity index (χ2n) is 6.59. The van der Waals surface area contributed by atoms with Crippen molar-refractivity contribution in [1.29, 1.82) is 5.26 Å². The predicted octanol–water partition coefficient (Wildman–Crippen LogP) is 1.38. The van der Waals surface area contributed by atoms with Gasteiger partial charge in [0.25, 0.3) is 5.69 Å². The fourth-order valence-electron chi connectivity index (χ4n) is 3.96. The SMILES string of the molecule is N#Cc1cc(N2CCC(N3CCCC3C(N)=O)CC2)ccc1[N+](=O)[O-]. The van der Waals surface area contributed by atoms with Crippen LogP contribution in [0.3, 0.4) is 0 Å². The number of hydrogen-bond donors (Lipinski definition) is 1. The number of rotatable bonds is 4. The summed E-state index contributed by atoms with van der Waals surface area (Å²) in [6, 6.07) is 6.76. The number of nitriles is 1. The number of nitro groups is 1. The average molecular weight is 343 g/mol. The highest BCUT2D eigenvalue weighted by atomic mass is 16.6. The van der Waals surface area contributed by atoms with E-state index in [9.17, 15) is 14.9 Å². The van der Waals surface area contributed by atoms with Crippen LogP contribution in [0.5, 0.6) is 0 Å². The van der Waals surface area contributed by atoms with Crippen molar-refractivity contribution < 1.29 is 9.72 Å². The molecule has 2 aliphatic rings.